The first-order chi connectivity index (χ1) is 9.38. The van der Waals surface area contributed by atoms with Gasteiger partial charge in [-0.1, -0.05) is 18.2 Å². The minimum atomic E-state index is -4.30. The van der Waals surface area contributed by atoms with Crippen LogP contribution in [0.5, 0.6) is 0 Å². The molecule has 4 nitrogen and oxygen atoms in total. The third-order valence-corrected chi connectivity index (χ3v) is 2.67. The monoisotopic (exact) mass is 288 g/mol. The van der Waals surface area contributed by atoms with Crippen LogP contribution >= 0.6 is 0 Å². The number of alkyl halides is 3. The minimum Gasteiger partial charge on any atom is -0.475 e. The number of hydrogen-bond acceptors (Lipinski definition) is 3. The van der Waals surface area contributed by atoms with Gasteiger partial charge in [-0.3, -0.25) is 0 Å². The van der Waals surface area contributed by atoms with Crippen molar-refractivity contribution in [2.24, 2.45) is 0 Å². The Kier molecular flexibility index (Phi) is 3.99. The van der Waals surface area contributed by atoms with Gasteiger partial charge in [-0.25, -0.2) is 4.79 Å². The highest BCUT2D eigenvalue weighted by Gasteiger charge is 2.27. The number of hydrogen-bond donors (Lipinski definition) is 1. The number of benzene rings is 1. The van der Waals surface area contributed by atoms with Crippen molar-refractivity contribution >= 4 is 16.9 Å². The molecule has 7 heteroatoms. The molecule has 0 spiro atoms. The highest BCUT2D eigenvalue weighted by atomic mass is 19.4. The van der Waals surface area contributed by atoms with Gasteiger partial charge in [-0.2, -0.15) is 13.2 Å². The van der Waals surface area contributed by atoms with E-state index in [1.807, 2.05) is 0 Å². The first kappa shape index (κ1) is 14.4. The first-order valence-corrected chi connectivity index (χ1v) is 5.76. The Morgan fingerprint density at radius 1 is 1.30 bits per heavy atom. The van der Waals surface area contributed by atoms with Gasteiger partial charge in [0, 0.05) is 10.9 Å². The molecule has 0 saturated carbocycles. The molecule has 2 aromatic rings. The predicted molar refractivity (Wildman–Crippen MR) is 63.5 cm³/mol. The summed E-state index contributed by atoms with van der Waals surface area (Å²) >= 11 is 0. The van der Waals surface area contributed by atoms with Crippen molar-refractivity contribution in [2.45, 2.75) is 19.2 Å². The van der Waals surface area contributed by atoms with Crippen molar-refractivity contribution in [3.8, 4) is 0 Å². The van der Waals surface area contributed by atoms with Gasteiger partial charge in [0.25, 0.3) is 0 Å². The Labute approximate surface area is 111 Å². The molecular weight excluding hydrogens is 277 g/mol. The van der Waals surface area contributed by atoms with Gasteiger partial charge in [-0.05, 0) is 6.07 Å². The van der Waals surface area contributed by atoms with Crippen molar-refractivity contribution in [2.75, 3.05) is 6.61 Å². The maximum absolute atomic E-state index is 12.0. The Balaban J connectivity index is 2.15. The molecule has 108 valence electrons. The molecule has 0 amide bonds. The Bertz CT molecular complexity index is 616. The Morgan fingerprint density at radius 2 is 2.00 bits per heavy atom. The lowest BCUT2D eigenvalue weighted by Crippen LogP contribution is -2.12. The second-order valence-corrected chi connectivity index (χ2v) is 4.13. The van der Waals surface area contributed by atoms with Gasteiger partial charge in [0.2, 0.25) is 5.76 Å². The molecule has 1 aromatic carbocycles. The summed E-state index contributed by atoms with van der Waals surface area (Å²) in [5, 5.41) is 9.55. The summed E-state index contributed by atoms with van der Waals surface area (Å²) in [4.78, 5) is 11.1. The van der Waals surface area contributed by atoms with Gasteiger partial charge in [0.05, 0.1) is 19.6 Å². The van der Waals surface area contributed by atoms with Crippen molar-refractivity contribution in [3.05, 3.63) is 35.6 Å². The third-order valence-electron chi connectivity index (χ3n) is 2.67. The van der Waals surface area contributed by atoms with E-state index < -0.39 is 25.2 Å². The number of carboxylic acids is 1. The van der Waals surface area contributed by atoms with Gasteiger partial charge in [0.15, 0.2) is 0 Å². The maximum atomic E-state index is 12.0. The minimum absolute atomic E-state index is 0.241. The molecule has 0 atom stereocenters. The van der Waals surface area contributed by atoms with Crippen LogP contribution in [-0.4, -0.2) is 23.9 Å². The second-order valence-electron chi connectivity index (χ2n) is 4.13. The molecule has 1 N–H and O–H groups in total. The smallest absolute Gasteiger partial charge is 0.391 e. The van der Waals surface area contributed by atoms with Gasteiger partial charge < -0.3 is 14.3 Å². The molecule has 0 unspecified atom stereocenters. The zero-order chi connectivity index (χ0) is 14.8. The summed E-state index contributed by atoms with van der Waals surface area (Å²) < 4.78 is 46.0. The number of carboxylic acid groups (broad SMARTS) is 1. The lowest BCUT2D eigenvalue weighted by Gasteiger charge is -2.07. The number of furan rings is 1. The highest BCUT2D eigenvalue weighted by molar-refractivity contribution is 5.94. The maximum Gasteiger partial charge on any atom is 0.391 e. The largest absolute Gasteiger partial charge is 0.475 e. The molecule has 0 radical (unpaired) electrons. The van der Waals surface area contributed by atoms with E-state index in [1.54, 1.807) is 24.3 Å². The summed E-state index contributed by atoms with van der Waals surface area (Å²) in [6, 6.07) is 6.57. The Morgan fingerprint density at radius 3 is 2.65 bits per heavy atom. The second kappa shape index (κ2) is 5.54. The van der Waals surface area contributed by atoms with Gasteiger partial charge in [0.1, 0.15) is 5.58 Å². The van der Waals surface area contributed by atoms with E-state index in [0.29, 0.717) is 11.0 Å². The van der Waals surface area contributed by atoms with Crippen LogP contribution in [0.3, 0.4) is 0 Å². The highest BCUT2D eigenvalue weighted by Crippen LogP contribution is 2.27. The topological polar surface area (TPSA) is 59.7 Å². The molecule has 1 heterocycles. The fourth-order valence-corrected chi connectivity index (χ4v) is 1.78. The zero-order valence-electron chi connectivity index (χ0n) is 10.2. The van der Waals surface area contributed by atoms with Gasteiger partial charge in [-0.15, -0.1) is 0 Å². The summed E-state index contributed by atoms with van der Waals surface area (Å²) in [5.74, 6) is -1.59. The number of ether oxygens (including phenoxy) is 1. The quantitative estimate of drug-likeness (QED) is 0.854. The van der Waals surface area contributed by atoms with E-state index in [9.17, 15) is 18.0 Å². The van der Waals surface area contributed by atoms with E-state index in [-0.39, 0.29) is 17.9 Å². The summed E-state index contributed by atoms with van der Waals surface area (Å²) in [7, 11) is 0. The SMILES string of the molecule is O=C(O)c1oc2ccccc2c1COCCC(F)(F)F. The number of aromatic carboxylic acids is 1. The average Bonchev–Trinajstić information content (AvgIpc) is 2.72. The molecule has 0 aliphatic carbocycles. The van der Waals surface area contributed by atoms with Crippen LogP contribution in [0.15, 0.2) is 28.7 Å². The van der Waals surface area contributed by atoms with Crippen molar-refractivity contribution in [1.82, 2.24) is 0 Å². The number of para-hydroxylation sites is 1. The molecule has 2 rings (SSSR count). The van der Waals surface area contributed by atoms with Crippen molar-refractivity contribution in [1.29, 1.82) is 0 Å². The lowest BCUT2D eigenvalue weighted by molar-refractivity contribution is -0.146. The third kappa shape index (κ3) is 3.30. The fourth-order valence-electron chi connectivity index (χ4n) is 1.78. The molecular formula is C13H11F3O4. The summed E-state index contributed by atoms with van der Waals surface area (Å²) in [6.45, 7) is -0.767. The number of carbonyl (C=O) groups is 1. The van der Waals surface area contributed by atoms with E-state index in [1.165, 1.54) is 0 Å². The molecule has 0 aliphatic rings. The molecule has 0 bridgehead atoms. The average molecular weight is 288 g/mol. The molecule has 0 fully saturated rings. The fraction of sp³-hybridized carbons (Fsp3) is 0.308. The lowest BCUT2D eigenvalue weighted by atomic mass is 10.1. The number of halogens is 3. The van der Waals surface area contributed by atoms with Crippen LogP contribution in [0.1, 0.15) is 22.5 Å². The molecule has 1 aromatic heterocycles. The molecule has 0 saturated heterocycles. The van der Waals surface area contributed by atoms with Crippen LogP contribution in [0.25, 0.3) is 11.0 Å². The van der Waals surface area contributed by atoms with Crippen LogP contribution in [-0.2, 0) is 11.3 Å². The predicted octanol–water partition coefficient (Wildman–Crippen LogP) is 3.60. The first-order valence-electron chi connectivity index (χ1n) is 5.76. The Hall–Kier alpha value is -2.02. The number of rotatable bonds is 5. The molecule has 0 aliphatic heterocycles. The van der Waals surface area contributed by atoms with Crippen molar-refractivity contribution in [3.63, 3.8) is 0 Å². The van der Waals surface area contributed by atoms with Crippen LogP contribution in [0.4, 0.5) is 13.2 Å². The van der Waals surface area contributed by atoms with Gasteiger partial charge >= 0.3 is 12.1 Å². The van der Waals surface area contributed by atoms with Crippen molar-refractivity contribution < 1.29 is 32.2 Å². The van der Waals surface area contributed by atoms with Crippen LogP contribution in [0, 0.1) is 0 Å². The van der Waals surface area contributed by atoms with Crippen LogP contribution < -0.4 is 0 Å². The van der Waals surface area contributed by atoms with E-state index in [4.69, 9.17) is 14.3 Å². The standard InChI is InChI=1S/C13H11F3O4/c14-13(15,16)5-6-19-7-9-8-3-1-2-4-10(8)20-11(9)12(17)18/h1-4H,5-7H2,(H,17,18). The normalized spacial score (nSPS) is 11.9. The van der Waals surface area contributed by atoms with E-state index in [2.05, 4.69) is 0 Å². The number of fused-ring (bicyclic) bond motifs is 1. The van der Waals surface area contributed by atoms with E-state index in [0.717, 1.165) is 0 Å². The summed E-state index contributed by atoms with van der Waals surface area (Å²) in [5.41, 5.74) is 0.606. The molecule has 20 heavy (non-hydrogen) atoms. The summed E-state index contributed by atoms with van der Waals surface area (Å²) in [6.07, 6.45) is -5.38. The van der Waals surface area contributed by atoms with Crippen LogP contribution in [0.2, 0.25) is 0 Å². The van der Waals surface area contributed by atoms with E-state index >= 15 is 0 Å². The zero-order valence-corrected chi connectivity index (χ0v) is 10.2.